The van der Waals surface area contributed by atoms with Crippen LogP contribution in [0.15, 0.2) is 48.5 Å². The number of carbonyl (C=O) groups excluding carboxylic acids is 1. The molecule has 0 bridgehead atoms. The van der Waals surface area contributed by atoms with Crippen LogP contribution in [-0.2, 0) is 0 Å². The van der Waals surface area contributed by atoms with Crippen molar-refractivity contribution in [2.24, 2.45) is 5.73 Å². The fraction of sp³-hybridized carbons (Fsp3) is 0.300. The van der Waals surface area contributed by atoms with Gasteiger partial charge in [-0.15, -0.1) is 0 Å². The van der Waals surface area contributed by atoms with E-state index in [0.717, 1.165) is 18.5 Å². The van der Waals surface area contributed by atoms with Crippen molar-refractivity contribution in [1.82, 2.24) is 10.2 Å². The maximum Gasteiger partial charge on any atom is 0.252 e. The first-order valence-corrected chi connectivity index (χ1v) is 9.83. The van der Waals surface area contributed by atoms with E-state index in [-0.39, 0.29) is 11.9 Å². The highest BCUT2D eigenvalue weighted by molar-refractivity contribution is 7.80. The van der Waals surface area contributed by atoms with Crippen molar-refractivity contribution in [3.63, 3.8) is 0 Å². The summed E-state index contributed by atoms with van der Waals surface area (Å²) in [5, 5.41) is 4.24. The van der Waals surface area contributed by atoms with Crippen molar-refractivity contribution in [3.05, 3.63) is 69.7 Å². The van der Waals surface area contributed by atoms with Gasteiger partial charge in [0.2, 0.25) is 0 Å². The molecule has 0 aromatic heterocycles. The van der Waals surface area contributed by atoms with E-state index in [0.29, 0.717) is 27.1 Å². The molecule has 0 spiro atoms. The van der Waals surface area contributed by atoms with Crippen LogP contribution in [0, 0.1) is 0 Å². The molecule has 1 saturated heterocycles. The van der Waals surface area contributed by atoms with Crippen LogP contribution in [0.25, 0.3) is 0 Å². The predicted molar refractivity (Wildman–Crippen MR) is 114 cm³/mol. The number of halogens is 2. The summed E-state index contributed by atoms with van der Waals surface area (Å²) in [6.45, 7) is 3.25. The van der Waals surface area contributed by atoms with Crippen molar-refractivity contribution in [1.29, 1.82) is 0 Å². The number of amides is 1. The van der Waals surface area contributed by atoms with Crippen LogP contribution in [0.3, 0.4) is 0 Å². The van der Waals surface area contributed by atoms with Gasteiger partial charge in [-0.1, -0.05) is 53.6 Å². The Hall–Kier alpha value is -1.66. The summed E-state index contributed by atoms with van der Waals surface area (Å²) in [6.07, 6.45) is 0.723. The zero-order valence-corrected chi connectivity index (χ0v) is 17.2. The molecule has 1 heterocycles. The first-order valence-electron chi connectivity index (χ1n) is 8.67. The van der Waals surface area contributed by atoms with E-state index in [1.54, 1.807) is 24.3 Å². The molecule has 142 valence electrons. The van der Waals surface area contributed by atoms with E-state index in [9.17, 15) is 4.79 Å². The highest BCUT2D eigenvalue weighted by Crippen LogP contribution is 2.27. The second-order valence-electron chi connectivity index (χ2n) is 6.96. The summed E-state index contributed by atoms with van der Waals surface area (Å²) >= 11 is 17.7. The largest absolute Gasteiger partial charge is 0.362 e. The minimum atomic E-state index is -0.594. The Morgan fingerprint density at radius 3 is 2.59 bits per heavy atom. The molecule has 2 unspecified atom stereocenters. The summed E-state index contributed by atoms with van der Waals surface area (Å²) < 4.78 is 0. The molecule has 3 rings (SSSR count). The third-order valence-corrected chi connectivity index (χ3v) is 5.99. The molecular weight excluding hydrogens is 401 g/mol. The van der Waals surface area contributed by atoms with Gasteiger partial charge in [-0.3, -0.25) is 4.79 Å². The Balaban J connectivity index is 1.67. The molecule has 2 aromatic rings. The lowest BCUT2D eigenvalue weighted by Gasteiger charge is -2.29. The van der Waals surface area contributed by atoms with Crippen molar-refractivity contribution in [3.8, 4) is 0 Å². The van der Waals surface area contributed by atoms with E-state index in [1.165, 1.54) is 0 Å². The number of likely N-dealkylation sites (tertiary alicyclic amines) is 1. The fourth-order valence-corrected chi connectivity index (χ4v) is 3.95. The number of benzene rings is 2. The number of hydrogen-bond acceptors (Lipinski definition) is 3. The molecule has 2 atom stereocenters. The van der Waals surface area contributed by atoms with Crippen molar-refractivity contribution in [2.75, 3.05) is 13.1 Å². The molecule has 0 aliphatic carbocycles. The second kappa shape index (κ2) is 8.15. The zero-order valence-electron chi connectivity index (χ0n) is 14.9. The minimum absolute atomic E-state index is 0.191. The lowest BCUT2D eigenvalue weighted by molar-refractivity contribution is 0.0928. The Labute approximate surface area is 174 Å². The molecule has 4 nitrogen and oxygen atoms in total. The first-order chi connectivity index (χ1) is 12.8. The maximum absolute atomic E-state index is 12.6. The van der Waals surface area contributed by atoms with Crippen LogP contribution in [0.5, 0.6) is 0 Å². The average molecular weight is 422 g/mol. The molecule has 1 aliphatic heterocycles. The standard InChI is InChI=1S/C20H21Cl2N3OS/c1-20(24-18(26)14-5-3-7-16(22)11-14)8-9-25(19(20)27)12-17(23)13-4-2-6-15(21)10-13/h2-7,10-11,17H,8-9,12,23H2,1H3,(H,24,26). The molecule has 2 aromatic carbocycles. The van der Waals surface area contributed by atoms with Crippen LogP contribution in [0.4, 0.5) is 0 Å². The van der Waals surface area contributed by atoms with E-state index >= 15 is 0 Å². The Morgan fingerprint density at radius 1 is 1.26 bits per heavy atom. The van der Waals surface area contributed by atoms with Gasteiger partial charge in [0.05, 0.1) is 5.54 Å². The average Bonchev–Trinajstić information content (AvgIpc) is 2.90. The van der Waals surface area contributed by atoms with Crippen LogP contribution >= 0.6 is 35.4 Å². The molecule has 3 N–H and O–H groups in total. The number of hydrogen-bond donors (Lipinski definition) is 2. The first kappa shape index (κ1) is 20.1. The van der Waals surface area contributed by atoms with Gasteiger partial charge in [0.25, 0.3) is 5.91 Å². The number of rotatable bonds is 5. The smallest absolute Gasteiger partial charge is 0.252 e. The van der Waals surface area contributed by atoms with Gasteiger partial charge >= 0.3 is 0 Å². The van der Waals surface area contributed by atoms with Gasteiger partial charge in [-0.25, -0.2) is 0 Å². The summed E-state index contributed by atoms with van der Waals surface area (Å²) in [4.78, 5) is 15.3. The third-order valence-electron chi connectivity index (χ3n) is 4.81. The van der Waals surface area contributed by atoms with Gasteiger partial charge in [-0.05, 0) is 49.2 Å². The van der Waals surface area contributed by atoms with E-state index in [2.05, 4.69) is 10.2 Å². The maximum atomic E-state index is 12.6. The Morgan fingerprint density at radius 2 is 1.93 bits per heavy atom. The number of carbonyl (C=O) groups is 1. The highest BCUT2D eigenvalue weighted by atomic mass is 35.5. The van der Waals surface area contributed by atoms with Crippen molar-refractivity contribution in [2.45, 2.75) is 24.9 Å². The number of nitrogens with one attached hydrogen (secondary N) is 1. The lowest BCUT2D eigenvalue weighted by Crippen LogP contribution is -2.51. The summed E-state index contributed by atoms with van der Waals surface area (Å²) in [6, 6.07) is 14.2. The molecule has 27 heavy (non-hydrogen) atoms. The molecule has 0 radical (unpaired) electrons. The van der Waals surface area contributed by atoms with Crippen molar-refractivity contribution < 1.29 is 4.79 Å². The van der Waals surface area contributed by atoms with Gasteiger partial charge < -0.3 is 16.0 Å². The van der Waals surface area contributed by atoms with Gasteiger partial charge in [-0.2, -0.15) is 0 Å². The molecule has 1 fully saturated rings. The highest BCUT2D eigenvalue weighted by Gasteiger charge is 2.40. The lowest BCUT2D eigenvalue weighted by atomic mass is 10.0. The van der Waals surface area contributed by atoms with E-state index < -0.39 is 5.54 Å². The number of thiocarbonyl (C=S) groups is 1. The van der Waals surface area contributed by atoms with E-state index in [1.807, 2.05) is 31.2 Å². The Kier molecular flexibility index (Phi) is 6.06. The second-order valence-corrected chi connectivity index (χ2v) is 8.22. The quantitative estimate of drug-likeness (QED) is 0.709. The normalized spacial score (nSPS) is 20.6. The SMILES string of the molecule is CC1(NC(=O)c2cccc(Cl)c2)CCN(CC(N)c2cccc(Cl)c2)C1=S. The zero-order chi connectivity index (χ0) is 19.6. The number of nitrogens with zero attached hydrogens (tertiary/aromatic N) is 1. The molecular formula is C20H21Cl2N3OS. The summed E-state index contributed by atoms with van der Waals surface area (Å²) in [5.74, 6) is -0.191. The topological polar surface area (TPSA) is 58.4 Å². The van der Waals surface area contributed by atoms with Gasteiger partial charge in [0.1, 0.15) is 4.99 Å². The molecule has 1 aliphatic rings. The predicted octanol–water partition coefficient (Wildman–Crippen LogP) is 4.22. The Bertz CT molecular complexity index is 876. The van der Waals surface area contributed by atoms with Crippen molar-refractivity contribution >= 4 is 46.3 Å². The van der Waals surface area contributed by atoms with Gasteiger partial charge in [0.15, 0.2) is 0 Å². The number of nitrogens with two attached hydrogens (primary N) is 1. The minimum Gasteiger partial charge on any atom is -0.362 e. The molecule has 0 saturated carbocycles. The monoisotopic (exact) mass is 421 g/mol. The van der Waals surface area contributed by atoms with Crippen LogP contribution in [-0.4, -0.2) is 34.4 Å². The van der Waals surface area contributed by atoms with E-state index in [4.69, 9.17) is 41.2 Å². The fourth-order valence-electron chi connectivity index (χ4n) is 3.24. The molecule has 7 heteroatoms. The van der Waals surface area contributed by atoms with Gasteiger partial charge in [0, 0.05) is 34.7 Å². The summed E-state index contributed by atoms with van der Waals surface area (Å²) in [7, 11) is 0. The van der Waals surface area contributed by atoms with Crippen LogP contribution in [0.1, 0.15) is 35.3 Å². The van der Waals surface area contributed by atoms with Crippen LogP contribution in [0.2, 0.25) is 10.0 Å². The molecule has 1 amide bonds. The third kappa shape index (κ3) is 4.61. The summed E-state index contributed by atoms with van der Waals surface area (Å²) in [5.41, 5.74) is 7.22. The van der Waals surface area contributed by atoms with Crippen LogP contribution < -0.4 is 11.1 Å².